The van der Waals surface area contributed by atoms with Gasteiger partial charge in [-0.3, -0.25) is 4.79 Å². The maximum atomic E-state index is 13.9. The largest absolute Gasteiger partial charge is 0.507 e. The minimum atomic E-state index is -1.14. The Kier molecular flexibility index (Phi) is 4.29. The van der Waals surface area contributed by atoms with Gasteiger partial charge < -0.3 is 14.8 Å². The van der Waals surface area contributed by atoms with Gasteiger partial charge in [-0.1, -0.05) is 30.3 Å². The molecule has 0 aliphatic carbocycles. The van der Waals surface area contributed by atoms with E-state index in [1.165, 1.54) is 6.26 Å². The molecule has 0 saturated carbocycles. The maximum Gasteiger partial charge on any atom is 0.258 e. The summed E-state index contributed by atoms with van der Waals surface area (Å²) in [5, 5.41) is 12.3. The number of nitrogens with one attached hydrogen (secondary N) is 1. The van der Waals surface area contributed by atoms with Gasteiger partial charge in [0.1, 0.15) is 34.7 Å². The van der Waals surface area contributed by atoms with Crippen LogP contribution in [0, 0.1) is 11.6 Å². The standard InChI is InChI=1S/C18H13F2NO3/c19-12-9-13(20)16(14(22)10-12)18(23)21-17(15-7-4-8-24-15)11-5-2-1-3-6-11/h1-10,17,22H,(H,21,23). The number of carbonyl (C=O) groups is 1. The molecule has 0 radical (unpaired) electrons. The molecule has 1 aromatic heterocycles. The van der Waals surface area contributed by atoms with E-state index in [1.807, 2.05) is 6.07 Å². The lowest BCUT2D eigenvalue weighted by Crippen LogP contribution is -2.30. The highest BCUT2D eigenvalue weighted by molar-refractivity contribution is 5.97. The first kappa shape index (κ1) is 15.7. The summed E-state index contributed by atoms with van der Waals surface area (Å²) in [6.45, 7) is 0. The summed E-state index contributed by atoms with van der Waals surface area (Å²) < 4.78 is 32.3. The number of phenols is 1. The third-order valence-corrected chi connectivity index (χ3v) is 3.50. The third-order valence-electron chi connectivity index (χ3n) is 3.50. The molecule has 0 aliphatic heterocycles. The molecule has 2 N–H and O–H groups in total. The van der Waals surface area contributed by atoms with E-state index >= 15 is 0 Å². The van der Waals surface area contributed by atoms with Gasteiger partial charge in [0.15, 0.2) is 0 Å². The number of amides is 1. The molecule has 0 aliphatic rings. The fourth-order valence-corrected chi connectivity index (χ4v) is 2.41. The number of carbonyl (C=O) groups excluding carboxylic acids is 1. The zero-order valence-corrected chi connectivity index (χ0v) is 12.4. The second-order valence-corrected chi connectivity index (χ2v) is 5.11. The van der Waals surface area contributed by atoms with Crippen LogP contribution in [0.2, 0.25) is 0 Å². The van der Waals surface area contributed by atoms with E-state index < -0.39 is 34.9 Å². The summed E-state index contributed by atoms with van der Waals surface area (Å²) in [4.78, 5) is 12.4. The average Bonchev–Trinajstić information content (AvgIpc) is 3.06. The van der Waals surface area contributed by atoms with E-state index in [1.54, 1.807) is 36.4 Å². The van der Waals surface area contributed by atoms with Gasteiger partial charge in [-0.15, -0.1) is 0 Å². The van der Waals surface area contributed by atoms with Gasteiger partial charge in [0, 0.05) is 12.1 Å². The molecule has 1 unspecified atom stereocenters. The Balaban J connectivity index is 1.96. The predicted octanol–water partition coefficient (Wildman–Crippen LogP) is 3.78. The van der Waals surface area contributed by atoms with E-state index in [4.69, 9.17) is 4.42 Å². The number of benzene rings is 2. The van der Waals surface area contributed by atoms with Crippen molar-refractivity contribution in [1.29, 1.82) is 0 Å². The molecule has 3 rings (SSSR count). The van der Waals surface area contributed by atoms with Gasteiger partial charge in [0.2, 0.25) is 0 Å². The monoisotopic (exact) mass is 329 g/mol. The second-order valence-electron chi connectivity index (χ2n) is 5.11. The van der Waals surface area contributed by atoms with E-state index in [9.17, 15) is 18.7 Å². The van der Waals surface area contributed by atoms with Crippen LogP contribution < -0.4 is 5.32 Å². The molecule has 1 atom stereocenters. The fourth-order valence-electron chi connectivity index (χ4n) is 2.41. The van der Waals surface area contributed by atoms with Crippen molar-refractivity contribution in [2.24, 2.45) is 0 Å². The summed E-state index contributed by atoms with van der Waals surface area (Å²) in [5.74, 6) is -3.31. The van der Waals surface area contributed by atoms with Crippen LogP contribution in [0.4, 0.5) is 8.78 Å². The molecule has 0 bridgehead atoms. The third kappa shape index (κ3) is 3.12. The van der Waals surface area contributed by atoms with Gasteiger partial charge in [0.05, 0.1) is 6.26 Å². The number of hydrogen-bond acceptors (Lipinski definition) is 3. The Morgan fingerprint density at radius 1 is 1.08 bits per heavy atom. The molecule has 1 heterocycles. The molecule has 4 nitrogen and oxygen atoms in total. The molecule has 0 fully saturated rings. The lowest BCUT2D eigenvalue weighted by molar-refractivity contribution is 0.0932. The van der Waals surface area contributed by atoms with Crippen molar-refractivity contribution in [2.45, 2.75) is 6.04 Å². The molecule has 1 amide bonds. The lowest BCUT2D eigenvalue weighted by Gasteiger charge is -2.18. The average molecular weight is 329 g/mol. The van der Waals surface area contributed by atoms with Crippen molar-refractivity contribution < 1.29 is 23.1 Å². The van der Waals surface area contributed by atoms with Crippen LogP contribution in [-0.4, -0.2) is 11.0 Å². The predicted molar refractivity (Wildman–Crippen MR) is 82.5 cm³/mol. The van der Waals surface area contributed by atoms with Crippen molar-refractivity contribution in [3.63, 3.8) is 0 Å². The van der Waals surface area contributed by atoms with Gasteiger partial charge >= 0.3 is 0 Å². The Morgan fingerprint density at radius 2 is 1.83 bits per heavy atom. The molecule has 3 aromatic rings. The normalized spacial score (nSPS) is 11.9. The Labute approximate surface area is 136 Å². The minimum absolute atomic E-state index is 0.441. The molecule has 6 heteroatoms. The van der Waals surface area contributed by atoms with Crippen LogP contribution in [0.15, 0.2) is 65.3 Å². The molecule has 2 aromatic carbocycles. The summed E-state index contributed by atoms with van der Waals surface area (Å²) >= 11 is 0. The summed E-state index contributed by atoms with van der Waals surface area (Å²) in [5.41, 5.74) is 0.0895. The lowest BCUT2D eigenvalue weighted by atomic mass is 10.0. The Bertz CT molecular complexity index is 825. The molecule has 0 saturated heterocycles. The van der Waals surface area contributed by atoms with Crippen LogP contribution in [0.25, 0.3) is 0 Å². The molecule has 0 spiro atoms. The van der Waals surface area contributed by atoms with Crippen molar-refractivity contribution in [1.82, 2.24) is 5.32 Å². The van der Waals surface area contributed by atoms with Crippen molar-refractivity contribution in [2.75, 3.05) is 0 Å². The van der Waals surface area contributed by atoms with Crippen LogP contribution in [0.3, 0.4) is 0 Å². The van der Waals surface area contributed by atoms with Gasteiger partial charge in [-0.2, -0.15) is 0 Å². The van der Waals surface area contributed by atoms with Gasteiger partial charge in [-0.05, 0) is 17.7 Å². The van der Waals surface area contributed by atoms with Crippen LogP contribution in [0.1, 0.15) is 27.7 Å². The van der Waals surface area contributed by atoms with E-state index in [0.717, 1.165) is 0 Å². The van der Waals surface area contributed by atoms with Crippen molar-refractivity contribution in [3.05, 3.63) is 89.4 Å². The smallest absolute Gasteiger partial charge is 0.258 e. The quantitative estimate of drug-likeness (QED) is 0.766. The highest BCUT2D eigenvalue weighted by Crippen LogP contribution is 2.26. The van der Waals surface area contributed by atoms with Crippen molar-refractivity contribution >= 4 is 5.91 Å². The number of rotatable bonds is 4. The van der Waals surface area contributed by atoms with Crippen LogP contribution in [-0.2, 0) is 0 Å². The Hall–Kier alpha value is -3.15. The summed E-state index contributed by atoms with van der Waals surface area (Å²) in [6, 6.07) is 12.8. The van der Waals surface area contributed by atoms with Crippen LogP contribution in [0.5, 0.6) is 5.75 Å². The fraction of sp³-hybridized carbons (Fsp3) is 0.0556. The van der Waals surface area contributed by atoms with Gasteiger partial charge in [0.25, 0.3) is 5.91 Å². The van der Waals surface area contributed by atoms with E-state index in [-0.39, 0.29) is 0 Å². The zero-order valence-electron chi connectivity index (χ0n) is 12.4. The van der Waals surface area contributed by atoms with E-state index in [2.05, 4.69) is 5.32 Å². The summed E-state index contributed by atoms with van der Waals surface area (Å²) in [6.07, 6.45) is 1.45. The van der Waals surface area contributed by atoms with Gasteiger partial charge in [-0.25, -0.2) is 8.78 Å². The topological polar surface area (TPSA) is 62.5 Å². The molecular formula is C18H13F2NO3. The number of furan rings is 1. The van der Waals surface area contributed by atoms with Crippen LogP contribution >= 0.6 is 0 Å². The van der Waals surface area contributed by atoms with E-state index in [0.29, 0.717) is 23.5 Å². The highest BCUT2D eigenvalue weighted by atomic mass is 19.1. The number of aromatic hydroxyl groups is 1. The number of hydrogen-bond donors (Lipinski definition) is 2. The Morgan fingerprint density at radius 3 is 2.46 bits per heavy atom. The zero-order chi connectivity index (χ0) is 17.1. The minimum Gasteiger partial charge on any atom is -0.507 e. The molecule has 122 valence electrons. The second kappa shape index (κ2) is 6.54. The summed E-state index contributed by atoms with van der Waals surface area (Å²) in [7, 11) is 0. The highest BCUT2D eigenvalue weighted by Gasteiger charge is 2.24. The first-order chi connectivity index (χ1) is 11.6. The molecule has 24 heavy (non-hydrogen) atoms. The maximum absolute atomic E-state index is 13.9. The SMILES string of the molecule is O=C(NC(c1ccccc1)c1ccco1)c1c(O)cc(F)cc1F. The number of phenolic OH excluding ortho intramolecular Hbond substituents is 1. The van der Waals surface area contributed by atoms with Crippen molar-refractivity contribution in [3.8, 4) is 5.75 Å². The first-order valence-electron chi connectivity index (χ1n) is 7.13. The molecular weight excluding hydrogens is 316 g/mol. The first-order valence-corrected chi connectivity index (χ1v) is 7.13. The number of halogens is 2.